The van der Waals surface area contributed by atoms with E-state index < -0.39 is 5.82 Å². The van der Waals surface area contributed by atoms with Crippen molar-refractivity contribution in [3.63, 3.8) is 0 Å². The third kappa shape index (κ3) is 3.45. The number of thioether (sulfide) groups is 1. The first kappa shape index (κ1) is 18.1. The molecule has 1 aromatic carbocycles. The molecule has 0 fully saturated rings. The molecule has 2 heterocycles. The molecule has 0 saturated carbocycles. The van der Waals surface area contributed by atoms with Crippen LogP contribution >= 0.6 is 11.8 Å². The molecule has 8 heteroatoms. The molecule has 2 aromatic heterocycles. The Kier molecular flexibility index (Phi) is 5.03. The SMILES string of the molecule is CC(=O)c1c(C)[nH]c(C(=O)CSc2n[nH]c(-c3ccccc3F)n2)c1C. The summed E-state index contributed by atoms with van der Waals surface area (Å²) in [7, 11) is 0. The van der Waals surface area contributed by atoms with Crippen LogP contribution in [0.3, 0.4) is 0 Å². The van der Waals surface area contributed by atoms with E-state index in [1.165, 1.54) is 13.0 Å². The number of aromatic nitrogens is 4. The fraction of sp³-hybridized carbons (Fsp3) is 0.222. The Bertz CT molecular complexity index is 993. The Morgan fingerprint density at radius 2 is 1.96 bits per heavy atom. The van der Waals surface area contributed by atoms with Crippen LogP contribution in [-0.4, -0.2) is 37.5 Å². The van der Waals surface area contributed by atoms with E-state index in [1.807, 2.05) is 0 Å². The van der Waals surface area contributed by atoms with Gasteiger partial charge < -0.3 is 4.98 Å². The Morgan fingerprint density at radius 1 is 1.23 bits per heavy atom. The summed E-state index contributed by atoms with van der Waals surface area (Å²) in [6.45, 7) is 4.99. The zero-order valence-electron chi connectivity index (χ0n) is 14.5. The number of carbonyl (C=O) groups is 2. The molecule has 0 unspecified atom stereocenters. The van der Waals surface area contributed by atoms with E-state index in [1.54, 1.807) is 32.0 Å². The van der Waals surface area contributed by atoms with Crippen LogP contribution in [-0.2, 0) is 0 Å². The molecule has 6 nitrogen and oxygen atoms in total. The van der Waals surface area contributed by atoms with Gasteiger partial charge in [-0.2, -0.15) is 0 Å². The van der Waals surface area contributed by atoms with E-state index in [0.717, 1.165) is 11.8 Å². The van der Waals surface area contributed by atoms with Gasteiger partial charge in [0.15, 0.2) is 17.4 Å². The van der Waals surface area contributed by atoms with Gasteiger partial charge in [0.05, 0.1) is 17.0 Å². The second-order valence-electron chi connectivity index (χ2n) is 5.84. The first-order chi connectivity index (χ1) is 12.4. The van der Waals surface area contributed by atoms with Gasteiger partial charge in [-0.15, -0.1) is 5.10 Å². The second kappa shape index (κ2) is 7.25. The van der Waals surface area contributed by atoms with E-state index in [2.05, 4.69) is 20.2 Å². The maximum absolute atomic E-state index is 13.8. The molecule has 0 radical (unpaired) electrons. The first-order valence-corrected chi connectivity index (χ1v) is 8.90. The van der Waals surface area contributed by atoms with Gasteiger partial charge in [-0.1, -0.05) is 23.9 Å². The lowest BCUT2D eigenvalue weighted by atomic mass is 10.1. The Balaban J connectivity index is 1.72. The molecule has 0 aliphatic heterocycles. The average Bonchev–Trinajstić information content (AvgIpc) is 3.17. The number of Topliss-reactive ketones (excluding diaryl/α,β-unsaturated/α-hetero) is 2. The molecular formula is C18H17FN4O2S. The molecule has 0 aliphatic rings. The van der Waals surface area contributed by atoms with Crippen molar-refractivity contribution >= 4 is 23.3 Å². The fourth-order valence-electron chi connectivity index (χ4n) is 2.84. The number of aryl methyl sites for hydroxylation is 1. The van der Waals surface area contributed by atoms with Crippen molar-refractivity contribution in [2.75, 3.05) is 5.75 Å². The van der Waals surface area contributed by atoms with Crippen LogP contribution in [0.2, 0.25) is 0 Å². The first-order valence-electron chi connectivity index (χ1n) is 7.92. The van der Waals surface area contributed by atoms with Crippen LogP contribution in [0.1, 0.15) is 39.0 Å². The average molecular weight is 372 g/mol. The topological polar surface area (TPSA) is 91.5 Å². The molecule has 0 saturated heterocycles. The van der Waals surface area contributed by atoms with Crippen molar-refractivity contribution in [2.45, 2.75) is 25.9 Å². The van der Waals surface area contributed by atoms with E-state index in [4.69, 9.17) is 0 Å². The minimum atomic E-state index is -0.398. The molecule has 3 rings (SSSR count). The highest BCUT2D eigenvalue weighted by atomic mass is 32.2. The maximum Gasteiger partial charge on any atom is 0.209 e. The third-order valence-electron chi connectivity index (χ3n) is 3.99. The molecule has 0 spiro atoms. The van der Waals surface area contributed by atoms with Crippen molar-refractivity contribution in [2.24, 2.45) is 0 Å². The van der Waals surface area contributed by atoms with E-state index in [9.17, 15) is 14.0 Å². The number of nitrogens with one attached hydrogen (secondary N) is 2. The molecule has 3 aromatic rings. The van der Waals surface area contributed by atoms with Crippen molar-refractivity contribution in [1.82, 2.24) is 20.2 Å². The van der Waals surface area contributed by atoms with Crippen LogP contribution in [0.4, 0.5) is 4.39 Å². The predicted molar refractivity (Wildman–Crippen MR) is 97.1 cm³/mol. The lowest BCUT2D eigenvalue weighted by Crippen LogP contribution is -2.05. The second-order valence-corrected chi connectivity index (χ2v) is 6.78. The van der Waals surface area contributed by atoms with Crippen LogP contribution < -0.4 is 0 Å². The highest BCUT2D eigenvalue weighted by molar-refractivity contribution is 7.99. The van der Waals surface area contributed by atoms with Crippen molar-refractivity contribution in [1.29, 1.82) is 0 Å². The molecule has 134 valence electrons. The quantitative estimate of drug-likeness (QED) is 0.508. The number of nitrogens with zero attached hydrogens (tertiary/aromatic N) is 2. The van der Waals surface area contributed by atoms with E-state index in [-0.39, 0.29) is 17.3 Å². The summed E-state index contributed by atoms with van der Waals surface area (Å²) in [6, 6.07) is 6.25. The van der Waals surface area contributed by atoms with Crippen LogP contribution in [0, 0.1) is 19.7 Å². The summed E-state index contributed by atoms with van der Waals surface area (Å²) >= 11 is 1.15. The van der Waals surface area contributed by atoms with Crippen LogP contribution in [0.15, 0.2) is 29.4 Å². The zero-order chi connectivity index (χ0) is 18.8. The number of ketones is 2. The molecular weight excluding hydrogens is 355 g/mol. The van der Waals surface area contributed by atoms with Gasteiger partial charge in [-0.05, 0) is 38.5 Å². The standard InChI is InChI=1S/C18H17FN4O2S/c1-9-15(11(3)24)10(2)20-16(9)14(25)8-26-18-21-17(22-23-18)12-6-4-5-7-13(12)19/h4-7,20H,8H2,1-3H3,(H,21,22,23). The van der Waals surface area contributed by atoms with E-state index >= 15 is 0 Å². The summed E-state index contributed by atoms with van der Waals surface area (Å²) in [5.41, 5.74) is 2.63. The van der Waals surface area contributed by atoms with Gasteiger partial charge in [-0.25, -0.2) is 9.37 Å². The number of carbonyl (C=O) groups excluding carboxylic acids is 2. The summed E-state index contributed by atoms with van der Waals surface area (Å²) < 4.78 is 13.8. The lowest BCUT2D eigenvalue weighted by molar-refractivity contribution is 0.101. The van der Waals surface area contributed by atoms with Crippen molar-refractivity contribution in [3.05, 3.63) is 52.6 Å². The van der Waals surface area contributed by atoms with Gasteiger partial charge in [-0.3, -0.25) is 14.7 Å². The zero-order valence-corrected chi connectivity index (χ0v) is 15.3. The Hall–Kier alpha value is -2.74. The fourth-order valence-corrected chi connectivity index (χ4v) is 3.51. The maximum atomic E-state index is 13.8. The summed E-state index contributed by atoms with van der Waals surface area (Å²) in [5.74, 6) is -0.215. The third-order valence-corrected chi connectivity index (χ3v) is 4.84. The molecule has 26 heavy (non-hydrogen) atoms. The molecule has 0 aliphatic carbocycles. The smallest absolute Gasteiger partial charge is 0.209 e. The number of H-pyrrole nitrogens is 2. The lowest BCUT2D eigenvalue weighted by Gasteiger charge is -1.99. The monoisotopic (exact) mass is 372 g/mol. The molecule has 0 bridgehead atoms. The van der Waals surface area contributed by atoms with Crippen molar-refractivity contribution < 1.29 is 14.0 Å². The Labute approximate surface area is 153 Å². The number of hydrogen-bond acceptors (Lipinski definition) is 5. The number of rotatable bonds is 6. The molecule has 2 N–H and O–H groups in total. The van der Waals surface area contributed by atoms with Crippen LogP contribution in [0.5, 0.6) is 0 Å². The molecule has 0 amide bonds. The van der Waals surface area contributed by atoms with Crippen LogP contribution in [0.25, 0.3) is 11.4 Å². The molecule has 0 atom stereocenters. The highest BCUT2D eigenvalue weighted by Gasteiger charge is 2.20. The normalized spacial score (nSPS) is 10.9. The van der Waals surface area contributed by atoms with Gasteiger partial charge in [0.1, 0.15) is 5.82 Å². The minimum absolute atomic E-state index is 0.0774. The summed E-state index contributed by atoms with van der Waals surface area (Å²) in [5, 5.41) is 7.05. The van der Waals surface area contributed by atoms with Gasteiger partial charge >= 0.3 is 0 Å². The number of halogens is 1. The van der Waals surface area contributed by atoms with Gasteiger partial charge in [0, 0.05) is 11.3 Å². The highest BCUT2D eigenvalue weighted by Crippen LogP contribution is 2.24. The largest absolute Gasteiger partial charge is 0.355 e. The van der Waals surface area contributed by atoms with Gasteiger partial charge in [0.2, 0.25) is 5.16 Å². The van der Waals surface area contributed by atoms with Crippen molar-refractivity contribution in [3.8, 4) is 11.4 Å². The Morgan fingerprint density at radius 3 is 2.62 bits per heavy atom. The minimum Gasteiger partial charge on any atom is -0.355 e. The number of benzene rings is 1. The van der Waals surface area contributed by atoms with Gasteiger partial charge in [0.25, 0.3) is 0 Å². The number of hydrogen-bond donors (Lipinski definition) is 2. The van der Waals surface area contributed by atoms with E-state index in [0.29, 0.717) is 39.1 Å². The summed E-state index contributed by atoms with van der Waals surface area (Å²) in [4.78, 5) is 31.4. The summed E-state index contributed by atoms with van der Waals surface area (Å²) in [6.07, 6.45) is 0. The predicted octanol–water partition coefficient (Wildman–Crippen LogP) is 3.73. The number of aromatic amines is 2.